The van der Waals surface area contributed by atoms with E-state index >= 15 is 0 Å². The van der Waals surface area contributed by atoms with Crippen LogP contribution in [0, 0.1) is 0 Å². The molecule has 0 aliphatic carbocycles. The number of ether oxygens (including phenoxy) is 2. The van der Waals surface area contributed by atoms with Crippen molar-refractivity contribution in [1.29, 1.82) is 0 Å². The number of rotatable bonds is 8. The number of nitrogens with two attached hydrogens (primary N) is 1. The van der Waals surface area contributed by atoms with Crippen molar-refractivity contribution >= 4 is 21.8 Å². The summed E-state index contributed by atoms with van der Waals surface area (Å²) in [6.45, 7) is 3.62. The van der Waals surface area contributed by atoms with E-state index in [1.165, 1.54) is 17.0 Å². The van der Waals surface area contributed by atoms with Crippen LogP contribution < -0.4 is 15.2 Å². The number of amides is 2. The first-order valence-corrected chi connectivity index (χ1v) is 9.75. The second-order valence-corrected chi connectivity index (χ2v) is 7.46. The van der Waals surface area contributed by atoms with Crippen LogP contribution in [-0.2, 0) is 19.6 Å². The largest absolute Gasteiger partial charge is 0.493 e. The number of hydrogen-bond acceptors (Lipinski definition) is 6. The van der Waals surface area contributed by atoms with E-state index in [0.717, 1.165) is 12.5 Å². The minimum absolute atomic E-state index is 0.0270. The summed E-state index contributed by atoms with van der Waals surface area (Å²) in [4.78, 5) is 25.0. The first-order chi connectivity index (χ1) is 12.3. The van der Waals surface area contributed by atoms with Gasteiger partial charge in [-0.05, 0) is 24.6 Å². The molecule has 9 nitrogen and oxygen atoms in total. The van der Waals surface area contributed by atoms with Gasteiger partial charge in [0.2, 0.25) is 15.9 Å². The van der Waals surface area contributed by atoms with Crippen molar-refractivity contribution in [3.8, 4) is 5.75 Å². The maximum atomic E-state index is 12.4. The van der Waals surface area contributed by atoms with Gasteiger partial charge >= 0.3 is 0 Å². The van der Waals surface area contributed by atoms with Crippen LogP contribution in [0.2, 0.25) is 0 Å². The lowest BCUT2D eigenvalue weighted by molar-refractivity contribution is -0.133. The van der Waals surface area contributed by atoms with Crippen molar-refractivity contribution in [3.63, 3.8) is 0 Å². The van der Waals surface area contributed by atoms with Crippen LogP contribution in [0.25, 0.3) is 0 Å². The predicted octanol–water partition coefficient (Wildman–Crippen LogP) is -0.289. The first-order valence-electron chi connectivity index (χ1n) is 8.27. The molecule has 26 heavy (non-hydrogen) atoms. The zero-order valence-electron chi connectivity index (χ0n) is 14.6. The van der Waals surface area contributed by atoms with Gasteiger partial charge in [0.25, 0.3) is 5.91 Å². The fraction of sp³-hybridized carbons (Fsp3) is 0.500. The van der Waals surface area contributed by atoms with Crippen molar-refractivity contribution in [1.82, 2.24) is 9.62 Å². The van der Waals surface area contributed by atoms with Crippen molar-refractivity contribution in [2.75, 3.05) is 39.5 Å². The Morgan fingerprint density at radius 3 is 2.62 bits per heavy atom. The van der Waals surface area contributed by atoms with Crippen molar-refractivity contribution in [2.24, 2.45) is 5.73 Å². The highest BCUT2D eigenvalue weighted by Gasteiger charge is 2.22. The van der Waals surface area contributed by atoms with Gasteiger partial charge in [0.15, 0.2) is 0 Å². The Balaban J connectivity index is 2.11. The van der Waals surface area contributed by atoms with Gasteiger partial charge < -0.3 is 20.1 Å². The Morgan fingerprint density at radius 1 is 1.31 bits per heavy atom. The molecule has 3 N–H and O–H groups in total. The zero-order valence-corrected chi connectivity index (χ0v) is 15.4. The minimum Gasteiger partial charge on any atom is -0.493 e. The topological polar surface area (TPSA) is 128 Å². The second kappa shape index (κ2) is 8.97. The fourth-order valence-electron chi connectivity index (χ4n) is 2.37. The van der Waals surface area contributed by atoms with E-state index in [9.17, 15) is 18.0 Å². The summed E-state index contributed by atoms with van der Waals surface area (Å²) >= 11 is 0. The third-order valence-electron chi connectivity index (χ3n) is 3.77. The first kappa shape index (κ1) is 20.1. The lowest BCUT2D eigenvalue weighted by Crippen LogP contribution is -2.45. The molecular weight excluding hydrogens is 362 g/mol. The average molecular weight is 385 g/mol. The summed E-state index contributed by atoms with van der Waals surface area (Å²) in [6, 6.07) is 3.84. The number of carbonyl (C=O) groups is 2. The molecule has 0 spiro atoms. The SMILES string of the molecule is CCCOc1ccc(S(=O)(=O)NCC(=O)N2CCOCC2)cc1C(N)=O. The molecule has 1 saturated heterocycles. The van der Waals surface area contributed by atoms with Crippen molar-refractivity contribution in [2.45, 2.75) is 18.2 Å². The summed E-state index contributed by atoms with van der Waals surface area (Å²) in [5.41, 5.74) is 5.28. The number of carbonyl (C=O) groups excluding carboxylic acids is 2. The summed E-state index contributed by atoms with van der Waals surface area (Å²) in [5, 5.41) is 0. The lowest BCUT2D eigenvalue weighted by atomic mass is 10.2. The van der Waals surface area contributed by atoms with Gasteiger partial charge in [-0.2, -0.15) is 0 Å². The highest BCUT2D eigenvalue weighted by molar-refractivity contribution is 7.89. The summed E-state index contributed by atoms with van der Waals surface area (Å²) in [6.07, 6.45) is 0.726. The Labute approximate surface area is 152 Å². The lowest BCUT2D eigenvalue weighted by Gasteiger charge is -2.26. The predicted molar refractivity (Wildman–Crippen MR) is 93.3 cm³/mol. The zero-order chi connectivity index (χ0) is 19.2. The molecule has 1 fully saturated rings. The Hall–Kier alpha value is -2.17. The number of morpholine rings is 1. The Kier molecular flexibility index (Phi) is 6.95. The maximum Gasteiger partial charge on any atom is 0.252 e. The van der Waals surface area contributed by atoms with E-state index in [0.29, 0.717) is 32.9 Å². The second-order valence-electron chi connectivity index (χ2n) is 5.69. The van der Waals surface area contributed by atoms with E-state index in [4.69, 9.17) is 15.2 Å². The highest BCUT2D eigenvalue weighted by atomic mass is 32.2. The third-order valence-corrected chi connectivity index (χ3v) is 5.16. The maximum absolute atomic E-state index is 12.4. The van der Waals surface area contributed by atoms with Crippen LogP contribution in [0.3, 0.4) is 0 Å². The Bertz CT molecular complexity index is 759. The van der Waals surface area contributed by atoms with Crippen LogP contribution in [-0.4, -0.2) is 64.6 Å². The molecule has 0 atom stereocenters. The molecule has 2 rings (SSSR count). The molecule has 0 aromatic heterocycles. The average Bonchev–Trinajstić information content (AvgIpc) is 2.65. The quantitative estimate of drug-likeness (QED) is 0.633. The third kappa shape index (κ3) is 5.16. The van der Waals surface area contributed by atoms with Gasteiger partial charge in [-0.1, -0.05) is 6.92 Å². The van der Waals surface area contributed by atoms with Gasteiger partial charge in [-0.15, -0.1) is 0 Å². The van der Waals surface area contributed by atoms with Crippen LogP contribution in [0.5, 0.6) is 5.75 Å². The molecular formula is C16H23N3O6S. The van der Waals surface area contributed by atoms with Gasteiger partial charge in [0.05, 0.1) is 36.8 Å². The molecule has 1 heterocycles. The molecule has 1 aliphatic heterocycles. The highest BCUT2D eigenvalue weighted by Crippen LogP contribution is 2.22. The van der Waals surface area contributed by atoms with Crippen LogP contribution in [0.4, 0.5) is 0 Å². The molecule has 10 heteroatoms. The standard InChI is InChI=1S/C16H23N3O6S/c1-2-7-25-14-4-3-12(10-13(14)16(17)21)26(22,23)18-11-15(20)19-5-8-24-9-6-19/h3-4,10,18H,2,5-9,11H2,1H3,(H2,17,21). The molecule has 2 amide bonds. The smallest absolute Gasteiger partial charge is 0.252 e. The number of hydrogen-bond donors (Lipinski definition) is 2. The van der Waals surface area contributed by atoms with E-state index in [1.807, 2.05) is 6.92 Å². The number of benzene rings is 1. The monoisotopic (exact) mass is 385 g/mol. The van der Waals surface area contributed by atoms with Gasteiger partial charge in [0.1, 0.15) is 5.75 Å². The van der Waals surface area contributed by atoms with Crippen LogP contribution in [0.1, 0.15) is 23.7 Å². The van der Waals surface area contributed by atoms with E-state index in [2.05, 4.69) is 4.72 Å². The molecule has 144 valence electrons. The fourth-order valence-corrected chi connectivity index (χ4v) is 3.37. The number of sulfonamides is 1. The van der Waals surface area contributed by atoms with E-state index < -0.39 is 15.9 Å². The van der Waals surface area contributed by atoms with Crippen molar-refractivity contribution in [3.05, 3.63) is 23.8 Å². The number of nitrogens with zero attached hydrogens (tertiary/aromatic N) is 1. The molecule has 1 aromatic carbocycles. The van der Waals surface area contributed by atoms with Crippen molar-refractivity contribution < 1.29 is 27.5 Å². The molecule has 0 unspecified atom stereocenters. The normalized spacial score (nSPS) is 14.9. The number of nitrogens with one attached hydrogen (secondary N) is 1. The van der Waals surface area contributed by atoms with E-state index in [1.54, 1.807) is 0 Å². The summed E-state index contributed by atoms with van der Waals surface area (Å²) < 4.78 is 37.6. The van der Waals surface area contributed by atoms with Gasteiger partial charge in [-0.3, -0.25) is 9.59 Å². The van der Waals surface area contributed by atoms with Crippen LogP contribution in [0.15, 0.2) is 23.1 Å². The molecule has 1 aromatic rings. The van der Waals surface area contributed by atoms with Gasteiger partial charge in [-0.25, -0.2) is 13.1 Å². The minimum atomic E-state index is -3.98. The molecule has 0 radical (unpaired) electrons. The summed E-state index contributed by atoms with van der Waals surface area (Å²) in [5.74, 6) is -0.907. The summed E-state index contributed by atoms with van der Waals surface area (Å²) in [7, 11) is -3.98. The molecule has 1 aliphatic rings. The number of primary amides is 1. The van der Waals surface area contributed by atoms with Gasteiger partial charge in [0, 0.05) is 13.1 Å². The Morgan fingerprint density at radius 2 is 2.00 bits per heavy atom. The molecule has 0 bridgehead atoms. The van der Waals surface area contributed by atoms with Crippen LogP contribution >= 0.6 is 0 Å². The van der Waals surface area contributed by atoms with E-state index in [-0.39, 0.29) is 28.7 Å². The molecule has 0 saturated carbocycles.